The van der Waals surface area contributed by atoms with Crippen molar-refractivity contribution in [2.45, 2.75) is 88.7 Å². The van der Waals surface area contributed by atoms with Gasteiger partial charge in [-0.3, -0.25) is 19.2 Å². The van der Waals surface area contributed by atoms with Crippen LogP contribution in [-0.4, -0.2) is 81.5 Å². The van der Waals surface area contributed by atoms with Crippen molar-refractivity contribution in [2.75, 3.05) is 13.1 Å². The summed E-state index contributed by atoms with van der Waals surface area (Å²) in [6.45, 7) is 10.4. The Morgan fingerprint density at radius 2 is 1.03 bits per heavy atom. The second kappa shape index (κ2) is 11.1. The number of ether oxygens (including phenoxy) is 2. The van der Waals surface area contributed by atoms with Gasteiger partial charge in [0.05, 0.1) is 0 Å². The smallest absolute Gasteiger partial charge is 0.661 e. The number of carboxylic acid groups (broad SMARTS) is 2. The first kappa shape index (κ1) is 31.2. The molecule has 0 bridgehead atoms. The molecule has 193 valence electrons. The maximum absolute atomic E-state index is 11.6. The van der Waals surface area contributed by atoms with E-state index in [0.717, 1.165) is 0 Å². The van der Waals surface area contributed by atoms with Crippen LogP contribution >= 0.6 is 0 Å². The summed E-state index contributed by atoms with van der Waals surface area (Å²) in [5, 5.41) is 23.1. The maximum Gasteiger partial charge on any atom is 2.00 e. The summed E-state index contributed by atoms with van der Waals surface area (Å²) in [4.78, 5) is 44.8. The van der Waals surface area contributed by atoms with Gasteiger partial charge in [0.2, 0.25) is 0 Å². The Labute approximate surface area is 204 Å². The normalized spacial score (nSPS) is 29.2. The van der Waals surface area contributed by atoms with Crippen LogP contribution in [-0.2, 0) is 45.7 Å². The Hall–Kier alpha value is -1.76. The van der Waals surface area contributed by atoms with Crippen molar-refractivity contribution in [3.05, 3.63) is 11.5 Å². The van der Waals surface area contributed by atoms with Gasteiger partial charge in [0.15, 0.2) is 0 Å². The topological polar surface area (TPSA) is 199 Å². The molecule has 0 aliphatic carbocycles. The van der Waals surface area contributed by atoms with Gasteiger partial charge in [0.1, 0.15) is 23.3 Å². The first-order valence-electron chi connectivity index (χ1n) is 10.2. The summed E-state index contributed by atoms with van der Waals surface area (Å²) in [6.07, 6.45) is -0.117. The number of nitrogens with one attached hydrogen (secondary N) is 4. The molecular formula is C20H34CuN4O8. The van der Waals surface area contributed by atoms with E-state index in [1.807, 2.05) is 0 Å². The molecule has 0 amide bonds. The van der Waals surface area contributed by atoms with Crippen molar-refractivity contribution in [2.24, 2.45) is 0 Å². The molecule has 1 radical (unpaired) electrons. The number of hydrogen-bond donors (Lipinski definition) is 4. The molecule has 0 aromatic carbocycles. The first-order chi connectivity index (χ1) is 14.3. The standard InChI is InChI=1S/2C10H17N2O4.Cu/c2*1-9(2,3)16-7(13)6-4-10(11,5-12-6)8(14)15;/h2*6,11-12H,4-5H2,1-3H3,(H,14,15);/q2*-1;+2. The van der Waals surface area contributed by atoms with Crippen LogP contribution in [0, 0.1) is 0 Å². The predicted molar refractivity (Wildman–Crippen MR) is 114 cm³/mol. The molecule has 0 spiro atoms. The van der Waals surface area contributed by atoms with Gasteiger partial charge in [-0.2, -0.15) is 0 Å². The monoisotopic (exact) mass is 521 g/mol. The van der Waals surface area contributed by atoms with E-state index in [0.29, 0.717) is 0 Å². The zero-order valence-electron chi connectivity index (χ0n) is 19.6. The summed E-state index contributed by atoms with van der Waals surface area (Å²) in [5.74, 6) is -3.43. The Bertz CT molecular complexity index is 689. The number of carbonyl (C=O) groups excluding carboxylic acids is 2. The molecule has 13 heteroatoms. The molecular weight excluding hydrogens is 488 g/mol. The van der Waals surface area contributed by atoms with E-state index >= 15 is 0 Å². The average molecular weight is 522 g/mol. The quantitative estimate of drug-likeness (QED) is 0.307. The minimum atomic E-state index is -1.62. The summed E-state index contributed by atoms with van der Waals surface area (Å²) in [7, 11) is 0. The van der Waals surface area contributed by atoms with Gasteiger partial charge in [-0.1, -0.05) is 0 Å². The van der Waals surface area contributed by atoms with Crippen molar-refractivity contribution >= 4 is 23.9 Å². The summed E-state index contributed by atoms with van der Waals surface area (Å²) < 4.78 is 10.2. The van der Waals surface area contributed by atoms with Gasteiger partial charge in [-0.05, 0) is 78.6 Å². The Morgan fingerprint density at radius 1 is 0.758 bits per heavy atom. The fourth-order valence-electron chi connectivity index (χ4n) is 2.99. The first-order valence-corrected chi connectivity index (χ1v) is 10.2. The number of esters is 2. The number of rotatable bonds is 4. The molecule has 2 rings (SSSR count). The van der Waals surface area contributed by atoms with E-state index in [1.54, 1.807) is 41.5 Å². The SMILES string of the molecule is CC(C)(C)OC(=O)C1CC([NH-])(C(=O)O)CN1.CC(C)(C)OC(=O)C1CC([NH-])(C(=O)O)CN1.[Cu+2]. The molecule has 6 N–H and O–H groups in total. The zero-order chi connectivity index (χ0) is 25.1. The van der Waals surface area contributed by atoms with Crippen molar-refractivity contribution in [1.82, 2.24) is 10.6 Å². The van der Waals surface area contributed by atoms with Crippen LogP contribution in [0.15, 0.2) is 0 Å². The van der Waals surface area contributed by atoms with Crippen molar-refractivity contribution in [3.63, 3.8) is 0 Å². The van der Waals surface area contributed by atoms with Crippen LogP contribution in [0.5, 0.6) is 0 Å². The molecule has 33 heavy (non-hydrogen) atoms. The van der Waals surface area contributed by atoms with Crippen LogP contribution < -0.4 is 10.6 Å². The minimum absolute atomic E-state index is 0. The molecule has 2 saturated heterocycles. The maximum atomic E-state index is 11.6. The molecule has 0 saturated carbocycles. The van der Waals surface area contributed by atoms with Crippen LogP contribution in [0.25, 0.3) is 11.5 Å². The molecule has 0 aromatic heterocycles. The van der Waals surface area contributed by atoms with Crippen LogP contribution in [0.3, 0.4) is 0 Å². The van der Waals surface area contributed by atoms with Crippen molar-refractivity contribution < 1.29 is 55.9 Å². The number of carboxylic acids is 2. The van der Waals surface area contributed by atoms with Crippen molar-refractivity contribution in [3.8, 4) is 0 Å². The van der Waals surface area contributed by atoms with Crippen molar-refractivity contribution in [1.29, 1.82) is 0 Å². The van der Waals surface area contributed by atoms with E-state index in [-0.39, 0.29) is 43.0 Å². The van der Waals surface area contributed by atoms with Gasteiger partial charge in [-0.15, -0.1) is 0 Å². The molecule has 4 atom stereocenters. The molecule has 4 unspecified atom stereocenters. The zero-order valence-corrected chi connectivity index (χ0v) is 20.6. The molecule has 2 aliphatic rings. The van der Waals surface area contributed by atoms with Gasteiger partial charge in [0, 0.05) is 0 Å². The van der Waals surface area contributed by atoms with E-state index in [4.69, 9.17) is 31.2 Å². The molecule has 12 nitrogen and oxygen atoms in total. The van der Waals surface area contributed by atoms with Gasteiger partial charge in [0.25, 0.3) is 11.9 Å². The predicted octanol–water partition coefficient (Wildman–Crippen LogP) is 1.13. The average Bonchev–Trinajstić information content (AvgIpc) is 3.18. The van der Waals surface area contributed by atoms with Gasteiger partial charge >= 0.3 is 29.0 Å². The second-order valence-corrected chi connectivity index (χ2v) is 10.1. The van der Waals surface area contributed by atoms with E-state index in [2.05, 4.69) is 10.6 Å². The Kier molecular flexibility index (Phi) is 10.5. The molecule has 2 fully saturated rings. The fraction of sp³-hybridized carbons (Fsp3) is 0.800. The third-order valence-electron chi connectivity index (χ3n) is 4.61. The summed E-state index contributed by atoms with van der Waals surface area (Å²) in [6, 6.07) is -1.40. The molecule has 2 heterocycles. The van der Waals surface area contributed by atoms with Gasteiger partial charge in [-0.25, -0.2) is 0 Å². The van der Waals surface area contributed by atoms with E-state index < -0.39 is 58.2 Å². The second-order valence-electron chi connectivity index (χ2n) is 10.1. The number of carbonyl (C=O) groups is 4. The summed E-state index contributed by atoms with van der Waals surface area (Å²) in [5.41, 5.74) is 10.8. The Morgan fingerprint density at radius 3 is 1.21 bits per heavy atom. The number of aliphatic carboxylic acids is 2. The van der Waals surface area contributed by atoms with E-state index in [1.165, 1.54) is 0 Å². The third-order valence-corrected chi connectivity index (χ3v) is 4.61. The van der Waals surface area contributed by atoms with Crippen LogP contribution in [0.2, 0.25) is 0 Å². The molecule has 2 aliphatic heterocycles. The van der Waals surface area contributed by atoms with Crippen LogP contribution in [0.4, 0.5) is 0 Å². The third kappa shape index (κ3) is 9.55. The largest absolute Gasteiger partial charge is 2.00 e. The minimum Gasteiger partial charge on any atom is -0.661 e. The molecule has 0 aromatic rings. The van der Waals surface area contributed by atoms with Crippen LogP contribution in [0.1, 0.15) is 54.4 Å². The summed E-state index contributed by atoms with van der Waals surface area (Å²) >= 11 is 0. The number of hydrogen-bond acceptors (Lipinski definition) is 8. The van der Waals surface area contributed by atoms with E-state index in [9.17, 15) is 19.2 Å². The fourth-order valence-corrected chi connectivity index (χ4v) is 2.99. The van der Waals surface area contributed by atoms with Gasteiger partial charge < -0.3 is 41.8 Å². The Balaban J connectivity index is 0.000000602.